The van der Waals surface area contributed by atoms with E-state index in [2.05, 4.69) is 22.8 Å². The van der Waals surface area contributed by atoms with Gasteiger partial charge in [0.1, 0.15) is 12.6 Å². The molecule has 2 aromatic rings. The number of fused-ring (bicyclic) bond motifs is 3. The van der Waals surface area contributed by atoms with E-state index in [4.69, 9.17) is 14.2 Å². The Balaban J connectivity index is 1.39. The van der Waals surface area contributed by atoms with E-state index in [1.165, 1.54) is 0 Å². The maximum absolute atomic E-state index is 12.9. The number of nitrogens with one attached hydrogen (secondary N) is 2. The van der Waals surface area contributed by atoms with Crippen LogP contribution in [0.4, 0.5) is 4.79 Å². The Hall–Kier alpha value is -3.43. The molecule has 186 valence electrons. The second kappa shape index (κ2) is 11.3. The van der Waals surface area contributed by atoms with Crippen LogP contribution in [0.3, 0.4) is 0 Å². The lowest BCUT2D eigenvalue weighted by Crippen LogP contribution is -2.52. The Morgan fingerprint density at radius 2 is 1.74 bits per heavy atom. The zero-order valence-corrected chi connectivity index (χ0v) is 19.6. The molecule has 4 rings (SSSR count). The summed E-state index contributed by atoms with van der Waals surface area (Å²) >= 11 is 0. The number of ether oxygens (including phenoxy) is 3. The van der Waals surface area contributed by atoms with E-state index in [0.717, 1.165) is 22.3 Å². The van der Waals surface area contributed by atoms with Gasteiger partial charge in [0.15, 0.2) is 6.10 Å². The lowest BCUT2D eigenvalue weighted by Gasteiger charge is -2.23. The first-order valence-corrected chi connectivity index (χ1v) is 11.7. The lowest BCUT2D eigenvalue weighted by atomic mass is 9.98. The van der Waals surface area contributed by atoms with Crippen LogP contribution in [0.5, 0.6) is 0 Å². The molecule has 2 amide bonds. The molecule has 3 N–H and O–H groups in total. The number of methoxy groups -OCH3 is 1. The van der Waals surface area contributed by atoms with Crippen molar-refractivity contribution in [2.24, 2.45) is 0 Å². The third-order valence-corrected chi connectivity index (χ3v) is 6.46. The van der Waals surface area contributed by atoms with Crippen molar-refractivity contribution in [3.05, 3.63) is 59.7 Å². The number of hydrogen-bond donors (Lipinski definition) is 3. The largest absolute Gasteiger partial charge is 0.479 e. The van der Waals surface area contributed by atoms with Crippen molar-refractivity contribution in [1.29, 1.82) is 0 Å². The number of alkyl carbamates (subject to hydrolysis) is 1. The number of aliphatic carboxylic acids is 1. The molecule has 9 nitrogen and oxygen atoms in total. The molecule has 2 aromatic carbocycles. The molecule has 1 aliphatic heterocycles. The van der Waals surface area contributed by atoms with Crippen LogP contribution < -0.4 is 10.6 Å². The summed E-state index contributed by atoms with van der Waals surface area (Å²) in [5, 5.41) is 14.6. The predicted octanol–water partition coefficient (Wildman–Crippen LogP) is 2.68. The smallest absolute Gasteiger partial charge is 0.407 e. The SMILES string of the molecule is COCCCC(NC(=O)OCC1c2ccccc2-c2ccccc21)C(=O)N[C@H]1CCO[C@H]1C(=O)O. The average Bonchev–Trinajstić information content (AvgIpc) is 3.45. The molecule has 3 atom stereocenters. The van der Waals surface area contributed by atoms with Gasteiger partial charge in [-0.2, -0.15) is 0 Å². The van der Waals surface area contributed by atoms with Crippen LogP contribution in [-0.2, 0) is 23.8 Å². The van der Waals surface area contributed by atoms with Crippen LogP contribution in [-0.4, -0.2) is 68.2 Å². The van der Waals surface area contributed by atoms with Gasteiger partial charge in [0.25, 0.3) is 0 Å². The Morgan fingerprint density at radius 1 is 1.09 bits per heavy atom. The first-order valence-electron chi connectivity index (χ1n) is 11.7. The van der Waals surface area contributed by atoms with Crippen molar-refractivity contribution >= 4 is 18.0 Å². The average molecular weight is 483 g/mol. The number of benzene rings is 2. The van der Waals surface area contributed by atoms with Gasteiger partial charge < -0.3 is 30.0 Å². The first kappa shape index (κ1) is 24.7. The van der Waals surface area contributed by atoms with Crippen LogP contribution in [0, 0.1) is 0 Å². The fourth-order valence-electron chi connectivity index (χ4n) is 4.75. The van der Waals surface area contributed by atoms with Gasteiger partial charge in [-0.3, -0.25) is 4.79 Å². The summed E-state index contributed by atoms with van der Waals surface area (Å²) in [5.74, 6) is -1.70. The van der Waals surface area contributed by atoms with Gasteiger partial charge in [-0.05, 0) is 41.5 Å². The summed E-state index contributed by atoms with van der Waals surface area (Å²) in [7, 11) is 1.56. The van der Waals surface area contributed by atoms with Gasteiger partial charge in [-0.1, -0.05) is 48.5 Å². The van der Waals surface area contributed by atoms with Crippen molar-refractivity contribution in [2.75, 3.05) is 26.9 Å². The van der Waals surface area contributed by atoms with E-state index in [0.29, 0.717) is 25.9 Å². The zero-order chi connectivity index (χ0) is 24.8. The van der Waals surface area contributed by atoms with Crippen molar-refractivity contribution in [3.63, 3.8) is 0 Å². The number of carbonyl (C=O) groups is 3. The van der Waals surface area contributed by atoms with E-state index in [1.54, 1.807) is 7.11 Å². The highest BCUT2D eigenvalue weighted by Gasteiger charge is 2.37. The molecule has 1 fully saturated rings. The Morgan fingerprint density at radius 3 is 2.37 bits per heavy atom. The number of amides is 2. The van der Waals surface area contributed by atoms with Crippen LogP contribution in [0.1, 0.15) is 36.3 Å². The quantitative estimate of drug-likeness (QED) is 0.445. The van der Waals surface area contributed by atoms with Crippen LogP contribution in [0.15, 0.2) is 48.5 Å². The monoisotopic (exact) mass is 482 g/mol. The standard InChI is InChI=1S/C26H30N2O7/c1-33-13-6-11-22(24(29)27-21-12-14-34-23(21)25(30)31)28-26(32)35-15-20-18-9-4-2-7-16(18)17-8-3-5-10-19(17)20/h2-5,7-10,20-23H,6,11-15H2,1H3,(H,27,29)(H,28,32)(H,30,31)/t21-,22?,23+/m0/s1. The molecule has 9 heteroatoms. The number of carboxylic acids is 1. The van der Waals surface area contributed by atoms with Gasteiger partial charge in [-0.25, -0.2) is 9.59 Å². The van der Waals surface area contributed by atoms with Gasteiger partial charge in [0, 0.05) is 26.2 Å². The molecule has 0 spiro atoms. The summed E-state index contributed by atoms with van der Waals surface area (Å²) in [6.45, 7) is 0.792. The normalized spacial score (nSPS) is 19.5. The Labute approximate surface area is 203 Å². The fourth-order valence-corrected chi connectivity index (χ4v) is 4.75. The van der Waals surface area contributed by atoms with Crippen molar-refractivity contribution in [2.45, 2.75) is 43.4 Å². The van der Waals surface area contributed by atoms with Crippen molar-refractivity contribution in [1.82, 2.24) is 10.6 Å². The summed E-state index contributed by atoms with van der Waals surface area (Å²) in [5.41, 5.74) is 4.44. The van der Waals surface area contributed by atoms with E-state index in [1.807, 2.05) is 36.4 Å². The third-order valence-electron chi connectivity index (χ3n) is 6.46. The zero-order valence-electron chi connectivity index (χ0n) is 19.6. The number of carbonyl (C=O) groups excluding carboxylic acids is 2. The van der Waals surface area contributed by atoms with Gasteiger partial charge in [0.2, 0.25) is 5.91 Å². The molecule has 2 aliphatic rings. The molecular formula is C26H30N2O7. The molecule has 1 saturated heterocycles. The lowest BCUT2D eigenvalue weighted by molar-refractivity contribution is -0.148. The molecule has 1 heterocycles. The molecule has 1 aliphatic carbocycles. The minimum atomic E-state index is -1.13. The van der Waals surface area contributed by atoms with E-state index >= 15 is 0 Å². The summed E-state index contributed by atoms with van der Waals surface area (Å²) < 4.78 is 15.8. The molecule has 0 aromatic heterocycles. The summed E-state index contributed by atoms with van der Waals surface area (Å²) in [4.78, 5) is 37.0. The Bertz CT molecular complexity index is 1030. The molecular weight excluding hydrogens is 452 g/mol. The van der Waals surface area contributed by atoms with Crippen molar-refractivity contribution < 1.29 is 33.7 Å². The topological polar surface area (TPSA) is 123 Å². The molecule has 0 radical (unpaired) electrons. The van der Waals surface area contributed by atoms with Crippen LogP contribution in [0.2, 0.25) is 0 Å². The van der Waals surface area contributed by atoms with Gasteiger partial charge in [-0.15, -0.1) is 0 Å². The number of rotatable bonds is 10. The summed E-state index contributed by atoms with van der Waals surface area (Å²) in [6, 6.07) is 14.5. The molecule has 35 heavy (non-hydrogen) atoms. The highest BCUT2D eigenvalue weighted by Crippen LogP contribution is 2.44. The van der Waals surface area contributed by atoms with E-state index in [9.17, 15) is 19.5 Å². The molecule has 0 saturated carbocycles. The van der Waals surface area contributed by atoms with Crippen molar-refractivity contribution in [3.8, 4) is 11.1 Å². The number of carboxylic acid groups (broad SMARTS) is 1. The second-order valence-corrected chi connectivity index (χ2v) is 8.69. The second-order valence-electron chi connectivity index (χ2n) is 8.69. The highest BCUT2D eigenvalue weighted by atomic mass is 16.5. The van der Waals surface area contributed by atoms with Gasteiger partial charge in [0.05, 0.1) is 6.04 Å². The van der Waals surface area contributed by atoms with Crippen LogP contribution in [0.25, 0.3) is 11.1 Å². The minimum absolute atomic E-state index is 0.0964. The fraction of sp³-hybridized carbons (Fsp3) is 0.423. The number of hydrogen-bond acceptors (Lipinski definition) is 6. The van der Waals surface area contributed by atoms with E-state index in [-0.39, 0.29) is 19.1 Å². The first-order chi connectivity index (χ1) is 17.0. The van der Waals surface area contributed by atoms with Crippen LogP contribution >= 0.6 is 0 Å². The third kappa shape index (κ3) is 5.63. The van der Waals surface area contributed by atoms with Gasteiger partial charge >= 0.3 is 12.1 Å². The molecule has 0 bridgehead atoms. The van der Waals surface area contributed by atoms with E-state index < -0.39 is 36.2 Å². The summed E-state index contributed by atoms with van der Waals surface area (Å²) in [6.07, 6.45) is -0.579. The maximum Gasteiger partial charge on any atom is 0.407 e. The molecule has 1 unspecified atom stereocenters. The Kier molecular flexibility index (Phi) is 7.99. The minimum Gasteiger partial charge on any atom is -0.479 e. The highest BCUT2D eigenvalue weighted by molar-refractivity contribution is 5.87. The maximum atomic E-state index is 12.9. The predicted molar refractivity (Wildman–Crippen MR) is 127 cm³/mol.